The number of rotatable bonds is 20. The van der Waals surface area contributed by atoms with E-state index in [4.69, 9.17) is 9.05 Å². The van der Waals surface area contributed by atoms with Crippen LogP contribution in [-0.4, -0.2) is 44.3 Å². The summed E-state index contributed by atoms with van der Waals surface area (Å²) in [7, 11) is -4.82. The molecule has 0 amide bonds. The Labute approximate surface area is 170 Å². The Balaban J connectivity index is 3.31. The number of phosphoric ester groups is 1. The molecule has 1 atom stereocenters. The summed E-state index contributed by atoms with van der Waals surface area (Å²) in [5.74, 6) is 0. The normalized spacial score (nSPS) is 14.4. The Bertz CT molecular complexity index is 370. The molecule has 0 aliphatic rings. The maximum Gasteiger partial charge on any atom is 0.472 e. The largest absolute Gasteiger partial charge is 0.472 e. The first kappa shape index (κ1) is 27.5. The summed E-state index contributed by atoms with van der Waals surface area (Å²) >= 11 is 0. The van der Waals surface area contributed by atoms with E-state index < -0.39 is 15.1 Å². The number of phosphoric acid groups is 1. The molecule has 0 aromatic heterocycles. The van der Waals surface area contributed by atoms with Crippen molar-refractivity contribution in [2.45, 2.75) is 96.8 Å². The molecule has 0 saturated heterocycles. The third kappa shape index (κ3) is 22.7. The van der Waals surface area contributed by atoms with Gasteiger partial charge in [-0.2, -0.15) is 0 Å². The van der Waals surface area contributed by atoms with Gasteiger partial charge in [0.2, 0.25) is 0 Å². The molecule has 0 rings (SSSR count). The molecule has 0 bridgehead atoms. The Hall–Kier alpha value is 0.540. The molecule has 4 nitrogen and oxygen atoms in total. The predicted octanol–water partition coefficient (Wildman–Crippen LogP) is 7.51. The molecule has 1 unspecified atom stereocenters. The quantitative estimate of drug-likeness (QED) is 0.162. The highest BCUT2D eigenvalue weighted by Crippen LogP contribution is 2.49. The van der Waals surface area contributed by atoms with Gasteiger partial charge in [0.1, 0.15) is 0 Å². The summed E-state index contributed by atoms with van der Waals surface area (Å²) in [6.45, 7) is 9.46. The van der Waals surface area contributed by atoms with E-state index in [9.17, 15) is 9.46 Å². The molecule has 0 spiro atoms. The molecule has 6 heteroatoms. The van der Waals surface area contributed by atoms with Crippen molar-refractivity contribution in [3.8, 4) is 0 Å². The molecule has 27 heavy (non-hydrogen) atoms. The van der Waals surface area contributed by atoms with Crippen LogP contribution in [0.25, 0.3) is 0 Å². The van der Waals surface area contributed by atoms with Crippen LogP contribution in [0.15, 0.2) is 0 Å². The Morgan fingerprint density at radius 2 is 1.04 bits per heavy atom. The van der Waals surface area contributed by atoms with E-state index in [2.05, 4.69) is 26.9 Å². The monoisotopic (exact) mass is 425 g/mol. The minimum Gasteiger partial charge on any atom is -0.302 e. The lowest BCUT2D eigenvalue weighted by atomic mass is 10.0. The molecular weight excluding hydrogens is 378 g/mol. The molecule has 0 radical (unpaired) electrons. The smallest absolute Gasteiger partial charge is 0.302 e. The van der Waals surface area contributed by atoms with Crippen molar-refractivity contribution in [1.29, 1.82) is 0 Å². The van der Waals surface area contributed by atoms with Crippen LogP contribution in [0.3, 0.4) is 0 Å². The van der Waals surface area contributed by atoms with Gasteiger partial charge in [0.15, 0.2) is 0 Å². The average Bonchev–Trinajstić information content (AvgIpc) is 2.57. The van der Waals surface area contributed by atoms with Gasteiger partial charge in [-0.1, -0.05) is 90.4 Å². The fourth-order valence-electron chi connectivity index (χ4n) is 2.94. The van der Waals surface area contributed by atoms with Crippen molar-refractivity contribution >= 4 is 15.1 Å². The van der Waals surface area contributed by atoms with Crippen LogP contribution in [0.4, 0.5) is 0 Å². The average molecular weight is 426 g/mol. The summed E-state index contributed by atoms with van der Waals surface area (Å²) in [5, 5.41) is 0. The lowest BCUT2D eigenvalue weighted by Gasteiger charge is -2.15. The lowest BCUT2D eigenvalue weighted by molar-refractivity contribution is 0.153. The number of hydrogen-bond acceptors (Lipinski definition) is 3. The first-order valence-corrected chi connectivity index (χ1v) is 16.0. The van der Waals surface area contributed by atoms with Gasteiger partial charge >= 0.3 is 7.82 Å². The van der Waals surface area contributed by atoms with Gasteiger partial charge in [0, 0.05) is 27.3 Å². The Morgan fingerprint density at radius 3 is 1.44 bits per heavy atom. The van der Waals surface area contributed by atoms with Gasteiger partial charge in [0.25, 0.3) is 0 Å². The third-order valence-corrected chi connectivity index (χ3v) is 7.31. The standard InChI is InChI=1S/C21H46O4P2/c1-5-6-7-8-9-10-11-12-13-14-15-16-17-18-19-24-27(22,23)25-20-21-26(2,3)4/h5-21H2,1-4H3/p+1. The fourth-order valence-corrected chi connectivity index (χ4v) is 4.48. The van der Waals surface area contributed by atoms with Crippen LogP contribution in [0.1, 0.15) is 96.8 Å². The predicted molar refractivity (Wildman–Crippen MR) is 122 cm³/mol. The molecule has 1 N–H and O–H groups in total. The third-order valence-electron chi connectivity index (χ3n) is 4.77. The fraction of sp³-hybridized carbons (Fsp3) is 1.00. The molecule has 164 valence electrons. The van der Waals surface area contributed by atoms with Gasteiger partial charge < -0.3 is 4.89 Å². The first-order valence-electron chi connectivity index (χ1n) is 11.2. The second-order valence-electron chi connectivity index (χ2n) is 8.75. The first-order chi connectivity index (χ1) is 12.8. The van der Waals surface area contributed by atoms with Crippen molar-refractivity contribution in [2.75, 3.05) is 39.4 Å². The highest BCUT2D eigenvalue weighted by Gasteiger charge is 2.24. The molecule has 0 heterocycles. The van der Waals surface area contributed by atoms with E-state index in [1.807, 2.05) is 0 Å². The SMILES string of the molecule is CCCCCCCCCCCCCCCCOP(=O)(O)OCC[P+](C)(C)C. The van der Waals surface area contributed by atoms with Crippen molar-refractivity contribution < 1.29 is 18.5 Å². The van der Waals surface area contributed by atoms with Crippen LogP contribution >= 0.6 is 15.1 Å². The summed E-state index contributed by atoms with van der Waals surface area (Å²) in [6.07, 6.45) is 19.0. The summed E-state index contributed by atoms with van der Waals surface area (Å²) < 4.78 is 21.9. The van der Waals surface area contributed by atoms with Crippen LogP contribution in [0.2, 0.25) is 0 Å². The molecule has 0 aromatic carbocycles. The van der Waals surface area contributed by atoms with E-state index >= 15 is 0 Å². The van der Waals surface area contributed by atoms with Gasteiger partial charge in [-0.25, -0.2) is 4.57 Å². The minimum absolute atomic E-state index is 0.309. The second kappa shape index (κ2) is 17.4. The van der Waals surface area contributed by atoms with Gasteiger partial charge in [-0.05, 0) is 6.42 Å². The molecule has 0 fully saturated rings. The van der Waals surface area contributed by atoms with Crippen LogP contribution in [0, 0.1) is 0 Å². The van der Waals surface area contributed by atoms with Crippen molar-refractivity contribution in [3.05, 3.63) is 0 Å². The van der Waals surface area contributed by atoms with Crippen molar-refractivity contribution in [3.63, 3.8) is 0 Å². The van der Waals surface area contributed by atoms with Crippen LogP contribution < -0.4 is 0 Å². The van der Waals surface area contributed by atoms with Crippen LogP contribution in [-0.2, 0) is 13.6 Å². The summed E-state index contributed by atoms with van der Waals surface area (Å²) in [4.78, 5) is 9.64. The van der Waals surface area contributed by atoms with Crippen LogP contribution in [0.5, 0.6) is 0 Å². The van der Waals surface area contributed by atoms with E-state index in [1.165, 1.54) is 77.0 Å². The molecular formula is C21H47O4P2+. The highest BCUT2D eigenvalue weighted by molar-refractivity contribution is 7.73. The Kier molecular flexibility index (Phi) is 17.8. The van der Waals surface area contributed by atoms with E-state index in [1.54, 1.807) is 0 Å². The van der Waals surface area contributed by atoms with E-state index in [0.29, 0.717) is 13.2 Å². The zero-order valence-corrected chi connectivity index (χ0v) is 20.4. The second-order valence-corrected chi connectivity index (χ2v) is 15.2. The zero-order valence-electron chi connectivity index (χ0n) is 18.6. The van der Waals surface area contributed by atoms with Gasteiger partial charge in [-0.3, -0.25) is 9.05 Å². The highest BCUT2D eigenvalue weighted by atomic mass is 31.2. The van der Waals surface area contributed by atoms with E-state index in [0.717, 1.165) is 19.0 Å². The van der Waals surface area contributed by atoms with Crippen molar-refractivity contribution in [2.24, 2.45) is 0 Å². The maximum atomic E-state index is 11.8. The molecule has 0 aliphatic heterocycles. The van der Waals surface area contributed by atoms with Gasteiger partial charge in [0.05, 0.1) is 19.4 Å². The van der Waals surface area contributed by atoms with Gasteiger partial charge in [-0.15, -0.1) is 0 Å². The molecule has 0 aliphatic carbocycles. The zero-order chi connectivity index (χ0) is 20.4. The summed E-state index contributed by atoms with van der Waals surface area (Å²) in [5.41, 5.74) is 0. The maximum absolute atomic E-state index is 11.8. The molecule has 0 saturated carbocycles. The van der Waals surface area contributed by atoms with Crippen molar-refractivity contribution in [1.82, 2.24) is 0 Å². The topological polar surface area (TPSA) is 55.8 Å². The van der Waals surface area contributed by atoms with E-state index in [-0.39, 0.29) is 0 Å². The number of hydrogen-bond donors (Lipinski definition) is 1. The lowest BCUT2D eigenvalue weighted by Crippen LogP contribution is -2.04. The minimum atomic E-state index is -3.85. The summed E-state index contributed by atoms with van der Waals surface area (Å²) in [6, 6.07) is 0. The Morgan fingerprint density at radius 1 is 0.667 bits per heavy atom. The number of unbranched alkanes of at least 4 members (excludes halogenated alkanes) is 13. The molecule has 0 aromatic rings.